The van der Waals surface area contributed by atoms with Gasteiger partial charge in [-0.1, -0.05) is 25.1 Å². The molecule has 1 unspecified atom stereocenters. The van der Waals surface area contributed by atoms with E-state index < -0.39 is 0 Å². The summed E-state index contributed by atoms with van der Waals surface area (Å²) in [6.07, 6.45) is 2.27. The van der Waals surface area contributed by atoms with Crippen LogP contribution in [0.1, 0.15) is 30.3 Å². The molecule has 6 heteroatoms. The number of benzene rings is 1. The molecule has 0 saturated carbocycles. The van der Waals surface area contributed by atoms with Crippen molar-refractivity contribution in [3.05, 3.63) is 48.2 Å². The van der Waals surface area contributed by atoms with Gasteiger partial charge in [-0.15, -0.1) is 10.2 Å². The highest BCUT2D eigenvalue weighted by molar-refractivity contribution is 5.92. The SMILES string of the molecule is CC1CCCN(C(=O)c2ccc(N3CCN(c4ccccc4)CC3)nn2)C1. The summed E-state index contributed by atoms with van der Waals surface area (Å²) in [5, 5.41) is 8.58. The lowest BCUT2D eigenvalue weighted by Gasteiger charge is -2.36. The first-order valence-corrected chi connectivity index (χ1v) is 9.88. The number of carbonyl (C=O) groups excluding carboxylic acids is 1. The van der Waals surface area contributed by atoms with Crippen LogP contribution < -0.4 is 9.80 Å². The number of amides is 1. The average molecular weight is 365 g/mol. The Bertz CT molecular complexity index is 756. The van der Waals surface area contributed by atoms with Gasteiger partial charge in [0.25, 0.3) is 5.91 Å². The van der Waals surface area contributed by atoms with Gasteiger partial charge < -0.3 is 14.7 Å². The number of piperidine rings is 1. The molecule has 4 rings (SSSR count). The van der Waals surface area contributed by atoms with Crippen LogP contribution >= 0.6 is 0 Å². The fraction of sp³-hybridized carbons (Fsp3) is 0.476. The maximum Gasteiger partial charge on any atom is 0.274 e. The number of carbonyl (C=O) groups is 1. The summed E-state index contributed by atoms with van der Waals surface area (Å²) in [5.41, 5.74) is 1.72. The zero-order valence-electron chi connectivity index (χ0n) is 15.9. The maximum atomic E-state index is 12.6. The molecule has 142 valence electrons. The Morgan fingerprint density at radius 2 is 1.67 bits per heavy atom. The van der Waals surface area contributed by atoms with Gasteiger partial charge >= 0.3 is 0 Å². The van der Waals surface area contributed by atoms with Crippen molar-refractivity contribution in [2.45, 2.75) is 19.8 Å². The van der Waals surface area contributed by atoms with Crippen molar-refractivity contribution < 1.29 is 4.79 Å². The molecule has 27 heavy (non-hydrogen) atoms. The van der Waals surface area contributed by atoms with Crippen LogP contribution in [0.25, 0.3) is 0 Å². The molecule has 2 aliphatic rings. The molecule has 2 aliphatic heterocycles. The molecular weight excluding hydrogens is 338 g/mol. The van der Waals surface area contributed by atoms with Crippen LogP contribution in [0, 0.1) is 5.92 Å². The lowest BCUT2D eigenvalue weighted by Crippen LogP contribution is -2.47. The van der Waals surface area contributed by atoms with E-state index in [1.54, 1.807) is 0 Å². The number of rotatable bonds is 3. The average Bonchev–Trinajstić information content (AvgIpc) is 2.74. The molecule has 1 atom stereocenters. The molecule has 1 aromatic heterocycles. The first-order chi connectivity index (χ1) is 13.2. The van der Waals surface area contributed by atoms with Gasteiger partial charge in [-0.05, 0) is 43.0 Å². The van der Waals surface area contributed by atoms with Crippen LogP contribution in [0.5, 0.6) is 0 Å². The van der Waals surface area contributed by atoms with E-state index in [4.69, 9.17) is 0 Å². The van der Waals surface area contributed by atoms with Gasteiger partial charge in [0.1, 0.15) is 0 Å². The zero-order valence-corrected chi connectivity index (χ0v) is 15.9. The molecule has 0 N–H and O–H groups in total. The van der Waals surface area contributed by atoms with E-state index in [9.17, 15) is 4.79 Å². The fourth-order valence-corrected chi connectivity index (χ4v) is 3.98. The quantitative estimate of drug-likeness (QED) is 0.837. The number of hydrogen-bond donors (Lipinski definition) is 0. The van der Waals surface area contributed by atoms with E-state index >= 15 is 0 Å². The second-order valence-corrected chi connectivity index (χ2v) is 7.58. The first kappa shape index (κ1) is 17.8. The number of piperazine rings is 1. The number of anilines is 2. The molecule has 0 bridgehead atoms. The van der Waals surface area contributed by atoms with E-state index in [0.29, 0.717) is 11.6 Å². The smallest absolute Gasteiger partial charge is 0.274 e. The van der Waals surface area contributed by atoms with Gasteiger partial charge in [0.05, 0.1) is 0 Å². The van der Waals surface area contributed by atoms with Crippen molar-refractivity contribution in [2.75, 3.05) is 49.1 Å². The van der Waals surface area contributed by atoms with E-state index in [0.717, 1.165) is 51.5 Å². The normalized spacial score (nSPS) is 20.6. The van der Waals surface area contributed by atoms with Crippen molar-refractivity contribution in [3.63, 3.8) is 0 Å². The van der Waals surface area contributed by atoms with Crippen LogP contribution in [0.4, 0.5) is 11.5 Å². The van der Waals surface area contributed by atoms with Gasteiger partial charge in [0.15, 0.2) is 11.5 Å². The molecule has 2 aromatic rings. The molecule has 1 aromatic carbocycles. The Morgan fingerprint density at radius 1 is 0.926 bits per heavy atom. The second kappa shape index (κ2) is 7.94. The molecule has 0 aliphatic carbocycles. The van der Waals surface area contributed by atoms with Gasteiger partial charge in [-0.3, -0.25) is 4.79 Å². The van der Waals surface area contributed by atoms with Crippen LogP contribution in [0.2, 0.25) is 0 Å². The van der Waals surface area contributed by atoms with Crippen molar-refractivity contribution >= 4 is 17.4 Å². The monoisotopic (exact) mass is 365 g/mol. The van der Waals surface area contributed by atoms with Crippen LogP contribution in [0.15, 0.2) is 42.5 Å². The highest BCUT2D eigenvalue weighted by atomic mass is 16.2. The van der Waals surface area contributed by atoms with Gasteiger partial charge in [0.2, 0.25) is 0 Å². The highest BCUT2D eigenvalue weighted by Gasteiger charge is 2.24. The fourth-order valence-electron chi connectivity index (χ4n) is 3.98. The molecule has 0 radical (unpaired) electrons. The topological polar surface area (TPSA) is 52.6 Å². The van der Waals surface area contributed by atoms with Crippen LogP contribution in [-0.4, -0.2) is 60.3 Å². The standard InChI is InChI=1S/C21H27N5O/c1-17-6-5-11-26(16-17)21(27)19-9-10-20(23-22-19)25-14-12-24(13-15-25)18-7-3-2-4-8-18/h2-4,7-10,17H,5-6,11-16H2,1H3. The van der Waals surface area contributed by atoms with Gasteiger partial charge in [-0.2, -0.15) is 0 Å². The van der Waals surface area contributed by atoms with E-state index in [1.165, 1.54) is 12.1 Å². The number of aromatic nitrogens is 2. The third-order valence-electron chi connectivity index (χ3n) is 5.54. The molecular formula is C21H27N5O. The number of para-hydroxylation sites is 1. The molecule has 2 fully saturated rings. The Kier molecular flexibility index (Phi) is 5.23. The van der Waals surface area contributed by atoms with E-state index in [-0.39, 0.29) is 5.91 Å². The first-order valence-electron chi connectivity index (χ1n) is 9.88. The maximum absolute atomic E-state index is 12.6. The molecule has 1 amide bonds. The Hall–Kier alpha value is -2.63. The van der Waals surface area contributed by atoms with Crippen LogP contribution in [-0.2, 0) is 0 Å². The summed E-state index contributed by atoms with van der Waals surface area (Å²) in [7, 11) is 0. The lowest BCUT2D eigenvalue weighted by molar-refractivity contribution is 0.0676. The van der Waals surface area contributed by atoms with Crippen molar-refractivity contribution in [3.8, 4) is 0 Å². The van der Waals surface area contributed by atoms with Crippen molar-refractivity contribution in [2.24, 2.45) is 5.92 Å². The summed E-state index contributed by atoms with van der Waals surface area (Å²) >= 11 is 0. The third kappa shape index (κ3) is 4.04. The van der Waals surface area contributed by atoms with Crippen molar-refractivity contribution in [1.29, 1.82) is 0 Å². The number of hydrogen-bond acceptors (Lipinski definition) is 5. The van der Waals surface area contributed by atoms with E-state index in [2.05, 4.69) is 51.2 Å². The van der Waals surface area contributed by atoms with Gasteiger partial charge in [0, 0.05) is 45.0 Å². The number of likely N-dealkylation sites (tertiary alicyclic amines) is 1. The summed E-state index contributed by atoms with van der Waals surface area (Å²) in [4.78, 5) is 19.2. The lowest BCUT2D eigenvalue weighted by atomic mass is 10.00. The minimum atomic E-state index is 0.00879. The molecule has 0 spiro atoms. The van der Waals surface area contributed by atoms with Crippen LogP contribution in [0.3, 0.4) is 0 Å². The summed E-state index contributed by atoms with van der Waals surface area (Å²) < 4.78 is 0. The third-order valence-corrected chi connectivity index (χ3v) is 5.54. The predicted molar refractivity (Wildman–Crippen MR) is 107 cm³/mol. The molecule has 3 heterocycles. The van der Waals surface area contributed by atoms with E-state index in [1.807, 2.05) is 23.1 Å². The Morgan fingerprint density at radius 3 is 2.33 bits per heavy atom. The molecule has 6 nitrogen and oxygen atoms in total. The highest BCUT2D eigenvalue weighted by Crippen LogP contribution is 2.20. The zero-order chi connectivity index (χ0) is 18.6. The predicted octanol–water partition coefficient (Wildman–Crippen LogP) is 2.68. The second-order valence-electron chi connectivity index (χ2n) is 7.58. The summed E-state index contributed by atoms with van der Waals surface area (Å²) in [6, 6.07) is 14.3. The summed E-state index contributed by atoms with van der Waals surface area (Å²) in [5.74, 6) is 1.43. The number of nitrogens with zero attached hydrogens (tertiary/aromatic N) is 5. The minimum absolute atomic E-state index is 0.00879. The minimum Gasteiger partial charge on any atom is -0.368 e. The Balaban J connectivity index is 1.36. The summed E-state index contributed by atoms with van der Waals surface area (Å²) in [6.45, 7) is 7.57. The largest absolute Gasteiger partial charge is 0.368 e. The Labute approximate surface area is 160 Å². The molecule has 2 saturated heterocycles. The van der Waals surface area contributed by atoms with Gasteiger partial charge in [-0.25, -0.2) is 0 Å². The van der Waals surface area contributed by atoms with Crippen molar-refractivity contribution in [1.82, 2.24) is 15.1 Å².